The van der Waals surface area contributed by atoms with Crippen molar-refractivity contribution in [1.82, 2.24) is 9.55 Å². The molecule has 1 aromatic heterocycles. The van der Waals surface area contributed by atoms with E-state index in [1.165, 1.54) is 10.8 Å². The van der Waals surface area contributed by atoms with Gasteiger partial charge >= 0.3 is 5.69 Å². The predicted octanol–water partition coefficient (Wildman–Crippen LogP) is 5.73. The standard InChI is InChI=1S/C37H46N2O8Si/c1-36(2,3)48(6,7)46-23-25-22-39(35(42)38-34(25)41)33-21-31(40)32(47-33)24-45-37(26-11-9-8-10-12-26,27-13-17-29(43-4)18-14-27)28-15-19-30(44-5)20-16-28/h8-20,22,31-33,40H,21,23-24H2,1-7H3,(H,38,41,42)/t31-,32+,33+/m0/s1. The summed E-state index contributed by atoms with van der Waals surface area (Å²) in [5.41, 5.74) is 0.639. The molecule has 0 unspecified atom stereocenters. The molecular formula is C37H46N2O8Si. The average Bonchev–Trinajstić information content (AvgIpc) is 3.44. The summed E-state index contributed by atoms with van der Waals surface area (Å²) in [7, 11) is 1.07. The normalized spacial score (nSPS) is 18.5. The molecule has 0 amide bonds. The maximum atomic E-state index is 13.0. The van der Waals surface area contributed by atoms with Gasteiger partial charge in [0, 0.05) is 12.6 Å². The van der Waals surface area contributed by atoms with E-state index in [1.807, 2.05) is 78.9 Å². The van der Waals surface area contributed by atoms with Crippen LogP contribution in [0.4, 0.5) is 0 Å². The Labute approximate surface area is 282 Å². The topological polar surface area (TPSA) is 121 Å². The third-order valence-electron chi connectivity index (χ3n) is 9.59. The molecule has 1 aliphatic rings. The highest BCUT2D eigenvalue weighted by Crippen LogP contribution is 2.43. The number of aliphatic hydroxyl groups is 1. The van der Waals surface area contributed by atoms with Gasteiger partial charge in [-0.3, -0.25) is 14.3 Å². The van der Waals surface area contributed by atoms with Crippen molar-refractivity contribution >= 4 is 8.32 Å². The molecule has 11 heteroatoms. The monoisotopic (exact) mass is 674 g/mol. The Balaban J connectivity index is 1.46. The molecule has 0 radical (unpaired) electrons. The fourth-order valence-corrected chi connectivity index (χ4v) is 6.59. The molecule has 0 aliphatic carbocycles. The number of hydrogen-bond acceptors (Lipinski definition) is 8. The SMILES string of the molecule is COc1ccc(C(OC[C@H]2O[C@@H](n3cc(CO[Si](C)(C)C(C)(C)C)c(=O)[nH]c3=O)C[C@@H]2O)(c2ccccc2)c2ccc(OC)cc2)cc1. The second-order valence-electron chi connectivity index (χ2n) is 13.6. The lowest BCUT2D eigenvalue weighted by Gasteiger charge is -2.37. The van der Waals surface area contributed by atoms with Crippen LogP contribution >= 0.6 is 0 Å². The summed E-state index contributed by atoms with van der Waals surface area (Å²) in [5.74, 6) is 1.40. The van der Waals surface area contributed by atoms with Crippen molar-refractivity contribution < 1.29 is 28.5 Å². The molecule has 10 nitrogen and oxygen atoms in total. The Morgan fingerprint density at radius 1 is 0.875 bits per heavy atom. The van der Waals surface area contributed by atoms with Gasteiger partial charge < -0.3 is 28.5 Å². The van der Waals surface area contributed by atoms with Crippen LogP contribution in [0.1, 0.15) is 55.7 Å². The maximum Gasteiger partial charge on any atom is 0.330 e. The smallest absolute Gasteiger partial charge is 0.330 e. The van der Waals surface area contributed by atoms with Crippen molar-refractivity contribution in [2.45, 2.75) is 76.0 Å². The fourth-order valence-electron chi connectivity index (χ4n) is 5.64. The zero-order valence-corrected chi connectivity index (χ0v) is 29.7. The Kier molecular flexibility index (Phi) is 10.5. The lowest BCUT2D eigenvalue weighted by Crippen LogP contribution is -2.41. The van der Waals surface area contributed by atoms with Crippen molar-refractivity contribution in [2.75, 3.05) is 20.8 Å². The Hall–Kier alpha value is -4.00. The summed E-state index contributed by atoms with van der Waals surface area (Å²) in [6.45, 7) is 10.6. The Bertz CT molecular complexity index is 1730. The van der Waals surface area contributed by atoms with Gasteiger partial charge in [-0.1, -0.05) is 75.4 Å². The van der Waals surface area contributed by atoms with Gasteiger partial charge in [-0.2, -0.15) is 0 Å². The Morgan fingerprint density at radius 2 is 1.42 bits per heavy atom. The van der Waals surface area contributed by atoms with Crippen LogP contribution in [0.5, 0.6) is 11.5 Å². The number of hydrogen-bond donors (Lipinski definition) is 2. The van der Waals surface area contributed by atoms with Crippen molar-refractivity contribution in [2.24, 2.45) is 0 Å². The minimum atomic E-state index is -2.16. The number of rotatable bonds is 12. The molecule has 0 saturated carbocycles. The number of methoxy groups -OCH3 is 2. The summed E-state index contributed by atoms with van der Waals surface area (Å²) in [6.07, 6.45) is -0.928. The highest BCUT2D eigenvalue weighted by Gasteiger charge is 2.42. The number of H-pyrrole nitrogens is 1. The van der Waals surface area contributed by atoms with Gasteiger partial charge in [0.25, 0.3) is 5.56 Å². The van der Waals surface area contributed by atoms with Gasteiger partial charge in [0.05, 0.1) is 39.1 Å². The molecule has 48 heavy (non-hydrogen) atoms. The van der Waals surface area contributed by atoms with Crippen LogP contribution in [-0.4, -0.2) is 56.0 Å². The second kappa shape index (κ2) is 14.2. The highest BCUT2D eigenvalue weighted by molar-refractivity contribution is 6.74. The maximum absolute atomic E-state index is 13.0. The lowest BCUT2D eigenvalue weighted by atomic mass is 9.80. The Morgan fingerprint density at radius 3 is 1.94 bits per heavy atom. The molecule has 3 aromatic carbocycles. The van der Waals surface area contributed by atoms with Crippen LogP contribution in [0.3, 0.4) is 0 Å². The van der Waals surface area contributed by atoms with Crippen molar-refractivity contribution in [3.05, 3.63) is 128 Å². The molecule has 1 fully saturated rings. The molecule has 5 rings (SSSR count). The van der Waals surface area contributed by atoms with E-state index in [1.54, 1.807) is 14.2 Å². The fraction of sp³-hybridized carbons (Fsp3) is 0.405. The summed E-state index contributed by atoms with van der Waals surface area (Å²) < 4.78 is 31.7. The van der Waals surface area contributed by atoms with E-state index in [9.17, 15) is 14.7 Å². The number of nitrogens with one attached hydrogen (secondary N) is 1. The van der Waals surface area contributed by atoms with Crippen LogP contribution in [0.2, 0.25) is 18.1 Å². The number of aromatic amines is 1. The number of nitrogens with zero attached hydrogens (tertiary/aromatic N) is 1. The van der Waals surface area contributed by atoms with E-state index in [-0.39, 0.29) is 24.7 Å². The van der Waals surface area contributed by atoms with Crippen LogP contribution < -0.4 is 20.7 Å². The first-order valence-corrected chi connectivity index (χ1v) is 19.0. The molecule has 4 aromatic rings. The van der Waals surface area contributed by atoms with E-state index < -0.39 is 43.6 Å². The first-order valence-electron chi connectivity index (χ1n) is 16.1. The number of aromatic nitrogens is 2. The molecule has 0 spiro atoms. The van der Waals surface area contributed by atoms with Crippen LogP contribution in [0.15, 0.2) is 94.6 Å². The first-order chi connectivity index (χ1) is 22.8. The molecule has 2 heterocycles. The van der Waals surface area contributed by atoms with Crippen LogP contribution in [0.25, 0.3) is 0 Å². The number of aliphatic hydroxyl groups excluding tert-OH is 1. The molecular weight excluding hydrogens is 628 g/mol. The summed E-state index contributed by atoms with van der Waals surface area (Å²) in [4.78, 5) is 28.1. The van der Waals surface area contributed by atoms with E-state index in [2.05, 4.69) is 38.8 Å². The number of ether oxygens (including phenoxy) is 4. The van der Waals surface area contributed by atoms with Crippen molar-refractivity contribution in [1.29, 1.82) is 0 Å². The molecule has 256 valence electrons. The molecule has 1 aliphatic heterocycles. The second-order valence-corrected chi connectivity index (χ2v) is 18.4. The first kappa shape index (κ1) is 35.3. The van der Waals surface area contributed by atoms with E-state index in [0.717, 1.165) is 16.7 Å². The lowest BCUT2D eigenvalue weighted by molar-refractivity contribution is -0.0944. The summed E-state index contributed by atoms with van der Waals surface area (Å²) in [5, 5.41) is 11.2. The van der Waals surface area contributed by atoms with E-state index in [0.29, 0.717) is 17.1 Å². The van der Waals surface area contributed by atoms with Gasteiger partial charge in [0.2, 0.25) is 0 Å². The van der Waals surface area contributed by atoms with Gasteiger partial charge in [0.15, 0.2) is 8.32 Å². The van der Waals surface area contributed by atoms with Gasteiger partial charge in [0.1, 0.15) is 29.4 Å². The van der Waals surface area contributed by atoms with Crippen LogP contribution in [0, 0.1) is 0 Å². The van der Waals surface area contributed by atoms with Crippen molar-refractivity contribution in [3.8, 4) is 11.5 Å². The predicted molar refractivity (Wildman–Crippen MR) is 186 cm³/mol. The minimum absolute atomic E-state index is 0.00986. The van der Waals surface area contributed by atoms with Gasteiger partial charge in [-0.15, -0.1) is 0 Å². The summed E-state index contributed by atoms with van der Waals surface area (Å²) >= 11 is 0. The third-order valence-corrected chi connectivity index (χ3v) is 14.1. The van der Waals surface area contributed by atoms with Gasteiger partial charge in [-0.05, 0) is 59.1 Å². The molecule has 2 N–H and O–H groups in total. The largest absolute Gasteiger partial charge is 0.497 e. The van der Waals surface area contributed by atoms with Crippen LogP contribution in [-0.2, 0) is 26.1 Å². The molecule has 3 atom stereocenters. The molecule has 1 saturated heterocycles. The molecule has 0 bridgehead atoms. The van der Waals surface area contributed by atoms with E-state index >= 15 is 0 Å². The summed E-state index contributed by atoms with van der Waals surface area (Å²) in [6, 6.07) is 25.2. The minimum Gasteiger partial charge on any atom is -0.497 e. The number of benzene rings is 3. The van der Waals surface area contributed by atoms with Crippen molar-refractivity contribution in [3.63, 3.8) is 0 Å². The van der Waals surface area contributed by atoms with E-state index in [4.69, 9.17) is 23.4 Å². The zero-order chi connectivity index (χ0) is 34.7. The van der Waals surface area contributed by atoms with Gasteiger partial charge in [-0.25, -0.2) is 4.79 Å². The third kappa shape index (κ3) is 7.20. The zero-order valence-electron chi connectivity index (χ0n) is 28.7. The average molecular weight is 675 g/mol. The highest BCUT2D eigenvalue weighted by atomic mass is 28.4. The quantitative estimate of drug-likeness (QED) is 0.144.